The van der Waals surface area contributed by atoms with Crippen LogP contribution in [-0.4, -0.2) is 47.7 Å². The Balaban J connectivity index is 0. The molecule has 0 unspecified atom stereocenters. The van der Waals surface area contributed by atoms with Crippen molar-refractivity contribution in [3.8, 4) is 11.5 Å². The smallest absolute Gasteiger partial charge is 0.550 e. The maximum Gasteiger partial charge on any atom is 2.00 e. The number of aliphatic carboxylic acids is 2. The number of phenolic OH excluding ortho intramolecular Hbond substituents is 2. The zero-order chi connectivity index (χ0) is 26.6. The van der Waals surface area contributed by atoms with Gasteiger partial charge in [0.05, 0.1) is 0 Å². The number of aryl methyl sites for hydroxylation is 2. The van der Waals surface area contributed by atoms with Crippen molar-refractivity contribution in [3.63, 3.8) is 0 Å². The largest absolute Gasteiger partial charge is 2.00 e. The molecule has 2 rings (SSSR count). The molecule has 2 aromatic rings. The van der Waals surface area contributed by atoms with E-state index in [1.807, 2.05) is 24.3 Å². The number of hydrogen-bond acceptors (Lipinski definition) is 8. The molecule has 0 heterocycles. The molecule has 0 aliphatic heterocycles. The first-order chi connectivity index (χ1) is 16.6. The molecule has 0 fully saturated rings. The number of phenols is 2. The zero-order valence-electron chi connectivity index (χ0n) is 21.3. The molecule has 1 radical (unpaired) electrons. The van der Waals surface area contributed by atoms with E-state index in [0.29, 0.717) is 13.1 Å². The normalized spacial score (nSPS) is 10.1. The van der Waals surface area contributed by atoms with Gasteiger partial charge in [-0.25, -0.2) is 0 Å². The minimum atomic E-state index is -1.08. The van der Waals surface area contributed by atoms with Gasteiger partial charge >= 0.3 is 16.8 Å². The quantitative estimate of drug-likeness (QED) is 0.348. The first-order valence-corrected chi connectivity index (χ1v) is 11.6. The second-order valence-electron chi connectivity index (χ2n) is 7.69. The maximum absolute atomic E-state index is 9.92. The summed E-state index contributed by atoms with van der Waals surface area (Å²) in [5, 5.41) is 37.6. The Morgan fingerprint density at radius 1 is 0.778 bits per heavy atom. The topological polar surface area (TPSA) is 145 Å². The van der Waals surface area contributed by atoms with Crippen LogP contribution in [0.4, 0.5) is 0 Å². The number of rotatable bonds is 10. The number of carboxylic acid groups (broad SMARTS) is 2. The van der Waals surface area contributed by atoms with Crippen LogP contribution >= 0.6 is 0 Å². The second-order valence-corrected chi connectivity index (χ2v) is 7.69. The van der Waals surface area contributed by atoms with Gasteiger partial charge in [-0.2, -0.15) is 0 Å². The van der Waals surface area contributed by atoms with Crippen LogP contribution in [0.5, 0.6) is 11.5 Å². The Hall–Kier alpha value is -3.17. The van der Waals surface area contributed by atoms with Gasteiger partial charge in [-0.3, -0.25) is 9.98 Å². The number of aromatic hydroxyl groups is 2. The van der Waals surface area contributed by atoms with Gasteiger partial charge in [0, 0.05) is 48.6 Å². The Kier molecular flexibility index (Phi) is 20.5. The molecule has 0 spiro atoms. The van der Waals surface area contributed by atoms with Crippen LogP contribution < -0.4 is 10.2 Å². The number of nitrogens with zero attached hydrogens (tertiary/aromatic N) is 2. The van der Waals surface area contributed by atoms with Crippen LogP contribution in [0.3, 0.4) is 0 Å². The standard InChI is InChI=1S/C23H30N2O2.2C2H4O2.Co/c1-3-6-18-8-10-22(26)20(14-18)16-24-12-5-13-25-17-21-15-19(7-4-2)9-11-23(21)27;2*1-2(3)4;/h8-11,14-17,26-27H,3-7,12-13H2,1-2H3;2*1H3,(H,3,4);/q;;;+2/p-2. The fourth-order valence-electron chi connectivity index (χ4n) is 2.88. The van der Waals surface area contributed by atoms with E-state index in [4.69, 9.17) is 19.8 Å². The molecule has 2 aromatic carbocycles. The van der Waals surface area contributed by atoms with Gasteiger partial charge in [-0.05, 0) is 68.5 Å². The third kappa shape index (κ3) is 18.2. The fourth-order valence-corrected chi connectivity index (χ4v) is 2.88. The Bertz CT molecular complexity index is 891. The number of carbonyl (C=O) groups is 2. The van der Waals surface area contributed by atoms with Crippen molar-refractivity contribution in [1.29, 1.82) is 0 Å². The van der Waals surface area contributed by atoms with Crippen molar-refractivity contribution in [2.45, 2.75) is 59.8 Å². The number of aliphatic imine (C=N–C) groups is 2. The van der Waals surface area contributed by atoms with Gasteiger partial charge in [-0.1, -0.05) is 38.8 Å². The molecule has 0 aliphatic carbocycles. The summed E-state index contributed by atoms with van der Waals surface area (Å²) in [6, 6.07) is 11.4. The summed E-state index contributed by atoms with van der Waals surface area (Å²) in [6.45, 7) is 7.52. The van der Waals surface area contributed by atoms with E-state index in [2.05, 4.69) is 23.8 Å². The molecule has 36 heavy (non-hydrogen) atoms. The van der Waals surface area contributed by atoms with E-state index < -0.39 is 11.9 Å². The van der Waals surface area contributed by atoms with Crippen molar-refractivity contribution in [3.05, 3.63) is 58.7 Å². The summed E-state index contributed by atoms with van der Waals surface area (Å²) < 4.78 is 0. The predicted octanol–water partition coefficient (Wildman–Crippen LogP) is 2.44. The molecule has 0 saturated carbocycles. The Morgan fingerprint density at radius 3 is 1.42 bits per heavy atom. The van der Waals surface area contributed by atoms with Crippen LogP contribution in [0.2, 0.25) is 0 Å². The first-order valence-electron chi connectivity index (χ1n) is 11.6. The Morgan fingerprint density at radius 2 is 1.11 bits per heavy atom. The van der Waals surface area contributed by atoms with Gasteiger partial charge in [0.1, 0.15) is 11.5 Å². The molecule has 9 heteroatoms. The summed E-state index contributed by atoms with van der Waals surface area (Å²) in [5.41, 5.74) is 3.96. The molecule has 0 amide bonds. The van der Waals surface area contributed by atoms with Crippen molar-refractivity contribution in [2.24, 2.45) is 9.98 Å². The number of carbonyl (C=O) groups excluding carboxylic acids is 2. The van der Waals surface area contributed by atoms with E-state index in [1.165, 1.54) is 11.1 Å². The monoisotopic (exact) mass is 543 g/mol. The van der Waals surface area contributed by atoms with Gasteiger partial charge in [-0.15, -0.1) is 0 Å². The van der Waals surface area contributed by atoms with Crippen molar-refractivity contribution < 1.29 is 46.8 Å². The number of carboxylic acids is 2. The van der Waals surface area contributed by atoms with Gasteiger partial charge in [0.2, 0.25) is 0 Å². The maximum atomic E-state index is 9.92. The summed E-state index contributed by atoms with van der Waals surface area (Å²) >= 11 is 0. The van der Waals surface area contributed by atoms with Crippen LogP contribution in [0.15, 0.2) is 46.4 Å². The summed E-state index contributed by atoms with van der Waals surface area (Å²) in [7, 11) is 0. The van der Waals surface area contributed by atoms with Gasteiger partial charge in [0.25, 0.3) is 0 Å². The van der Waals surface area contributed by atoms with Crippen LogP contribution in [0, 0.1) is 0 Å². The average Bonchev–Trinajstić information content (AvgIpc) is 2.76. The Labute approximate surface area is 224 Å². The molecule has 0 aliphatic rings. The second kappa shape index (κ2) is 21.1. The van der Waals surface area contributed by atoms with Crippen molar-refractivity contribution in [1.82, 2.24) is 0 Å². The first kappa shape index (κ1) is 35.0. The van der Waals surface area contributed by atoms with Crippen LogP contribution in [-0.2, 0) is 39.2 Å². The van der Waals surface area contributed by atoms with E-state index in [1.54, 1.807) is 24.6 Å². The number of benzene rings is 2. The molecule has 8 nitrogen and oxygen atoms in total. The molecule has 2 N–H and O–H groups in total. The minimum absolute atomic E-state index is 0. The number of hydrogen-bond donors (Lipinski definition) is 2. The van der Waals surface area contributed by atoms with Gasteiger partial charge in [0.15, 0.2) is 0 Å². The van der Waals surface area contributed by atoms with Crippen molar-refractivity contribution in [2.75, 3.05) is 13.1 Å². The predicted molar refractivity (Wildman–Crippen MR) is 135 cm³/mol. The fraction of sp³-hybridized carbons (Fsp3) is 0.407. The molecular weight excluding hydrogens is 507 g/mol. The third-order valence-electron chi connectivity index (χ3n) is 4.30. The van der Waals surface area contributed by atoms with Crippen molar-refractivity contribution >= 4 is 24.4 Å². The van der Waals surface area contributed by atoms with Crippen LogP contribution in [0.25, 0.3) is 0 Å². The van der Waals surface area contributed by atoms with E-state index >= 15 is 0 Å². The molecule has 199 valence electrons. The SMILES string of the molecule is CC(=O)[O-].CC(=O)[O-].CCCc1ccc(O)c(C=NCCCN=Cc2cc(CCC)ccc2O)c1.[Co+2]. The van der Waals surface area contributed by atoms with E-state index in [-0.39, 0.29) is 28.3 Å². The molecule has 0 aromatic heterocycles. The average molecular weight is 544 g/mol. The molecule has 0 atom stereocenters. The molecule has 0 bridgehead atoms. The summed E-state index contributed by atoms with van der Waals surface area (Å²) in [4.78, 5) is 26.6. The summed E-state index contributed by atoms with van der Waals surface area (Å²) in [6.07, 6.45) is 8.45. The van der Waals surface area contributed by atoms with E-state index in [0.717, 1.165) is 57.1 Å². The minimum Gasteiger partial charge on any atom is -0.550 e. The molecule has 0 saturated heterocycles. The summed E-state index contributed by atoms with van der Waals surface area (Å²) in [5.74, 6) is -1.64. The zero-order valence-corrected chi connectivity index (χ0v) is 22.4. The molecular formula is C27H36CoN2O6. The van der Waals surface area contributed by atoms with Crippen LogP contribution in [0.1, 0.15) is 69.2 Å². The van der Waals surface area contributed by atoms with E-state index in [9.17, 15) is 10.2 Å². The third-order valence-corrected chi connectivity index (χ3v) is 4.30. The van der Waals surface area contributed by atoms with Gasteiger partial charge < -0.3 is 30.0 Å².